The van der Waals surface area contributed by atoms with Crippen LogP contribution in [-0.2, 0) is 6.61 Å². The number of hydrogen-bond acceptors (Lipinski definition) is 3. The molecule has 0 aromatic heterocycles. The van der Waals surface area contributed by atoms with Gasteiger partial charge in [0.25, 0.3) is 0 Å². The van der Waals surface area contributed by atoms with Gasteiger partial charge in [-0.1, -0.05) is 60.2 Å². The lowest BCUT2D eigenvalue weighted by molar-refractivity contribution is 0.177. The quantitative estimate of drug-likeness (QED) is 0.360. The molecule has 1 saturated heterocycles. The van der Waals surface area contributed by atoms with E-state index in [9.17, 15) is 5.11 Å². The third-order valence-corrected chi connectivity index (χ3v) is 7.50. The average Bonchev–Trinajstić information content (AvgIpc) is 3.25. The fraction of sp³-hybridized carbons (Fsp3) is 0.355. The van der Waals surface area contributed by atoms with Gasteiger partial charge in [-0.3, -0.25) is 0 Å². The van der Waals surface area contributed by atoms with E-state index in [1.165, 1.54) is 38.9 Å². The number of hydrogen-bond donors (Lipinski definition) is 1. The van der Waals surface area contributed by atoms with Crippen molar-refractivity contribution in [1.82, 2.24) is 4.90 Å². The van der Waals surface area contributed by atoms with Crippen LogP contribution in [-0.4, -0.2) is 35.7 Å². The molecule has 1 N–H and O–H groups in total. The molecule has 0 aliphatic carbocycles. The molecule has 0 spiro atoms. The lowest BCUT2D eigenvalue weighted by atomic mass is 9.91. The fourth-order valence-electron chi connectivity index (χ4n) is 4.76. The molecule has 3 aromatic carbocycles. The number of aryl methyl sites for hydroxylation is 2. The molecule has 0 saturated carbocycles. The van der Waals surface area contributed by atoms with E-state index in [4.69, 9.17) is 16.3 Å². The van der Waals surface area contributed by atoms with E-state index in [0.717, 1.165) is 43.8 Å². The summed E-state index contributed by atoms with van der Waals surface area (Å²) in [5, 5.41) is 10.4. The van der Waals surface area contributed by atoms with Crippen LogP contribution < -0.4 is 4.74 Å². The van der Waals surface area contributed by atoms with Crippen molar-refractivity contribution in [3.8, 4) is 16.9 Å². The highest BCUT2D eigenvalue weighted by atomic mass is 35.5. The SMILES string of the molecule is Cc1cc(Cl)c(OCc2cccc(-c3cccc(/C=C/CCN4CC[C@H](O)C4)c3C)c2C)cc1C. The molecule has 4 rings (SSSR count). The van der Waals surface area contributed by atoms with Crippen LogP contribution >= 0.6 is 11.6 Å². The zero-order valence-electron chi connectivity index (χ0n) is 21.3. The Morgan fingerprint density at radius 2 is 1.71 bits per heavy atom. The van der Waals surface area contributed by atoms with Crippen molar-refractivity contribution in [2.75, 3.05) is 19.6 Å². The van der Waals surface area contributed by atoms with E-state index >= 15 is 0 Å². The Hall–Kier alpha value is -2.59. The number of likely N-dealkylation sites (tertiary alicyclic amines) is 1. The van der Waals surface area contributed by atoms with Crippen LogP contribution in [0.1, 0.15) is 46.2 Å². The Morgan fingerprint density at radius 3 is 2.46 bits per heavy atom. The van der Waals surface area contributed by atoms with Crippen LogP contribution in [0.4, 0.5) is 0 Å². The van der Waals surface area contributed by atoms with Crippen molar-refractivity contribution < 1.29 is 9.84 Å². The Kier molecular flexibility index (Phi) is 8.33. The smallest absolute Gasteiger partial charge is 0.138 e. The first kappa shape index (κ1) is 25.5. The number of β-amino-alcohol motifs (C(OH)–C–C–N with tert-alkyl or cyclic N) is 1. The molecule has 1 fully saturated rings. The predicted octanol–water partition coefficient (Wildman–Crippen LogP) is 7.29. The molecule has 0 unspecified atom stereocenters. The topological polar surface area (TPSA) is 32.7 Å². The number of rotatable bonds is 8. The first-order valence-electron chi connectivity index (χ1n) is 12.5. The number of benzene rings is 3. The minimum atomic E-state index is -0.152. The van der Waals surface area contributed by atoms with Crippen molar-refractivity contribution in [3.05, 3.63) is 93.0 Å². The lowest BCUT2D eigenvalue weighted by Crippen LogP contribution is -2.22. The van der Waals surface area contributed by atoms with Crippen LogP contribution in [0.15, 0.2) is 54.6 Å². The largest absolute Gasteiger partial charge is 0.487 e. The zero-order chi connectivity index (χ0) is 24.9. The molecule has 0 amide bonds. The first-order chi connectivity index (χ1) is 16.8. The van der Waals surface area contributed by atoms with Gasteiger partial charge in [0.1, 0.15) is 12.4 Å². The summed E-state index contributed by atoms with van der Waals surface area (Å²) in [6.07, 6.45) is 6.21. The summed E-state index contributed by atoms with van der Waals surface area (Å²) in [7, 11) is 0. The van der Waals surface area contributed by atoms with Gasteiger partial charge in [0.15, 0.2) is 0 Å². The highest BCUT2D eigenvalue weighted by molar-refractivity contribution is 6.32. The number of ether oxygens (including phenoxy) is 1. The van der Waals surface area contributed by atoms with Gasteiger partial charge < -0.3 is 14.7 Å². The molecule has 4 heteroatoms. The molecule has 1 heterocycles. The van der Waals surface area contributed by atoms with Crippen molar-refractivity contribution in [3.63, 3.8) is 0 Å². The van der Waals surface area contributed by atoms with Crippen LogP contribution in [0, 0.1) is 27.7 Å². The summed E-state index contributed by atoms with van der Waals surface area (Å²) in [5.74, 6) is 0.728. The summed E-state index contributed by atoms with van der Waals surface area (Å²) < 4.78 is 6.14. The second kappa shape index (κ2) is 11.4. The molecule has 0 bridgehead atoms. The number of nitrogens with zero attached hydrogens (tertiary/aromatic N) is 1. The van der Waals surface area contributed by atoms with E-state index in [1.807, 2.05) is 12.1 Å². The summed E-state index contributed by atoms with van der Waals surface area (Å²) in [4.78, 5) is 2.33. The van der Waals surface area contributed by atoms with Crippen LogP contribution in [0.25, 0.3) is 17.2 Å². The molecular weight excluding hydrogens is 454 g/mol. The number of aliphatic hydroxyl groups excluding tert-OH is 1. The van der Waals surface area contributed by atoms with Crippen molar-refractivity contribution in [2.24, 2.45) is 0 Å². The highest BCUT2D eigenvalue weighted by Gasteiger charge is 2.18. The zero-order valence-corrected chi connectivity index (χ0v) is 22.0. The molecule has 3 aromatic rings. The predicted molar refractivity (Wildman–Crippen MR) is 147 cm³/mol. The second-order valence-corrected chi connectivity index (χ2v) is 10.1. The molecular formula is C31H36ClNO2. The first-order valence-corrected chi connectivity index (χ1v) is 12.9. The average molecular weight is 490 g/mol. The molecule has 184 valence electrons. The van der Waals surface area contributed by atoms with E-state index in [1.54, 1.807) is 0 Å². The number of halogens is 1. The minimum Gasteiger partial charge on any atom is -0.487 e. The minimum absolute atomic E-state index is 0.152. The molecule has 3 nitrogen and oxygen atoms in total. The Balaban J connectivity index is 1.48. The Labute approximate surface area is 215 Å². The maximum atomic E-state index is 9.70. The number of aliphatic hydroxyl groups is 1. The van der Waals surface area contributed by atoms with Crippen LogP contribution in [0.2, 0.25) is 5.02 Å². The van der Waals surface area contributed by atoms with Crippen molar-refractivity contribution in [1.29, 1.82) is 0 Å². The van der Waals surface area contributed by atoms with Gasteiger partial charge in [0.2, 0.25) is 0 Å². The third-order valence-electron chi connectivity index (χ3n) is 7.20. The Morgan fingerprint density at radius 1 is 1.00 bits per heavy atom. The maximum absolute atomic E-state index is 9.70. The fourth-order valence-corrected chi connectivity index (χ4v) is 5.03. The van der Waals surface area contributed by atoms with Crippen LogP contribution in [0.5, 0.6) is 5.75 Å². The van der Waals surface area contributed by atoms with Gasteiger partial charge in [0.05, 0.1) is 11.1 Å². The standard InChI is InChI=1S/C31H36ClNO2/c1-21-17-30(32)31(18-22(21)2)35-20-26-11-8-13-29(24(26)4)28-12-7-10-25(23(28)3)9-5-6-15-33-16-14-27(34)19-33/h5,7-13,17-18,27,34H,6,14-16,19-20H2,1-4H3/b9-5+/t27-/m0/s1. The summed E-state index contributed by atoms with van der Waals surface area (Å²) in [6, 6.07) is 16.9. The molecule has 1 aliphatic rings. The Bertz CT molecular complexity index is 1220. The van der Waals surface area contributed by atoms with E-state index < -0.39 is 0 Å². The van der Waals surface area contributed by atoms with Gasteiger partial charge in [-0.2, -0.15) is 0 Å². The molecule has 1 atom stereocenters. The van der Waals surface area contributed by atoms with E-state index in [-0.39, 0.29) is 6.10 Å². The second-order valence-electron chi connectivity index (χ2n) is 9.70. The van der Waals surface area contributed by atoms with Gasteiger partial charge in [-0.25, -0.2) is 0 Å². The normalized spacial score (nSPS) is 16.3. The van der Waals surface area contributed by atoms with Gasteiger partial charge in [0, 0.05) is 19.6 Å². The highest BCUT2D eigenvalue weighted by Crippen LogP contribution is 2.32. The third kappa shape index (κ3) is 6.16. The van der Waals surface area contributed by atoms with Gasteiger partial charge >= 0.3 is 0 Å². The molecule has 1 aliphatic heterocycles. The molecule has 35 heavy (non-hydrogen) atoms. The molecule has 0 radical (unpaired) electrons. The maximum Gasteiger partial charge on any atom is 0.138 e. The summed E-state index contributed by atoms with van der Waals surface area (Å²) in [6.45, 7) is 11.8. The van der Waals surface area contributed by atoms with Gasteiger partial charge in [-0.15, -0.1) is 0 Å². The van der Waals surface area contributed by atoms with E-state index in [2.05, 4.69) is 81.1 Å². The van der Waals surface area contributed by atoms with Crippen LogP contribution in [0.3, 0.4) is 0 Å². The van der Waals surface area contributed by atoms with E-state index in [0.29, 0.717) is 11.6 Å². The summed E-state index contributed by atoms with van der Waals surface area (Å²) >= 11 is 6.42. The monoisotopic (exact) mass is 489 g/mol. The van der Waals surface area contributed by atoms with Crippen molar-refractivity contribution >= 4 is 17.7 Å². The summed E-state index contributed by atoms with van der Waals surface area (Å²) in [5.41, 5.74) is 9.72. The lowest BCUT2D eigenvalue weighted by Gasteiger charge is -2.16. The van der Waals surface area contributed by atoms with Crippen molar-refractivity contribution in [2.45, 2.75) is 53.2 Å². The van der Waals surface area contributed by atoms with Gasteiger partial charge in [-0.05, 0) is 97.2 Å².